The first-order valence-corrected chi connectivity index (χ1v) is 15.9. The summed E-state index contributed by atoms with van der Waals surface area (Å²) < 4.78 is 11.2. The molecule has 250 valence electrons. The Morgan fingerprint density at radius 2 is 1.66 bits per heavy atom. The van der Waals surface area contributed by atoms with Crippen LogP contribution in [-0.2, 0) is 29.0 Å². The van der Waals surface area contributed by atoms with E-state index in [2.05, 4.69) is 4.98 Å². The van der Waals surface area contributed by atoms with Crippen molar-refractivity contribution >= 4 is 35.4 Å². The Hall–Kier alpha value is -4.74. The third-order valence-corrected chi connectivity index (χ3v) is 8.03. The van der Waals surface area contributed by atoms with Crippen molar-refractivity contribution in [2.45, 2.75) is 92.1 Å². The summed E-state index contributed by atoms with van der Waals surface area (Å²) in [5, 5.41) is 0. The van der Waals surface area contributed by atoms with Gasteiger partial charge >= 0.3 is 12.2 Å². The highest BCUT2D eigenvalue weighted by atomic mass is 16.6. The zero-order chi connectivity index (χ0) is 34.4. The molecule has 3 aromatic heterocycles. The van der Waals surface area contributed by atoms with Crippen molar-refractivity contribution < 1.29 is 23.9 Å². The molecule has 2 aliphatic rings. The van der Waals surface area contributed by atoms with Crippen LogP contribution in [0.25, 0.3) is 11.3 Å². The lowest BCUT2D eigenvalue weighted by Crippen LogP contribution is -2.35. The maximum absolute atomic E-state index is 14.0. The van der Waals surface area contributed by atoms with Crippen LogP contribution in [-0.4, -0.2) is 75.8 Å². The van der Waals surface area contributed by atoms with E-state index in [0.717, 1.165) is 16.7 Å². The van der Waals surface area contributed by atoms with Gasteiger partial charge in [-0.05, 0) is 85.6 Å². The summed E-state index contributed by atoms with van der Waals surface area (Å²) in [6, 6.07) is 7.50. The van der Waals surface area contributed by atoms with Gasteiger partial charge in [0.25, 0.3) is 5.91 Å². The van der Waals surface area contributed by atoms with Gasteiger partial charge in [-0.15, -0.1) is 0 Å². The van der Waals surface area contributed by atoms with Gasteiger partial charge in [0, 0.05) is 44.0 Å². The highest BCUT2D eigenvalue weighted by Gasteiger charge is 2.35. The Bertz CT molecular complexity index is 1710. The minimum atomic E-state index is -0.647. The van der Waals surface area contributed by atoms with E-state index in [-0.39, 0.29) is 25.0 Å². The molecule has 0 aliphatic carbocycles. The van der Waals surface area contributed by atoms with Crippen molar-refractivity contribution in [2.24, 2.45) is 0 Å². The van der Waals surface area contributed by atoms with E-state index in [1.165, 1.54) is 4.90 Å². The maximum Gasteiger partial charge on any atom is 0.414 e. The van der Waals surface area contributed by atoms with Crippen LogP contribution in [0.1, 0.15) is 82.6 Å². The predicted octanol–water partition coefficient (Wildman–Crippen LogP) is 6.21. The van der Waals surface area contributed by atoms with Crippen molar-refractivity contribution in [3.05, 3.63) is 59.0 Å². The Balaban J connectivity index is 1.47. The maximum atomic E-state index is 14.0. The number of amides is 3. The van der Waals surface area contributed by atoms with Crippen LogP contribution < -0.4 is 14.7 Å². The monoisotopic (exact) mass is 643 g/mol. The van der Waals surface area contributed by atoms with E-state index >= 15 is 0 Å². The number of aromatic nitrogens is 3. The average Bonchev–Trinajstić information content (AvgIpc) is 3.56. The number of pyridine rings is 3. The van der Waals surface area contributed by atoms with E-state index in [9.17, 15) is 14.4 Å². The molecule has 0 bridgehead atoms. The van der Waals surface area contributed by atoms with Gasteiger partial charge in [-0.2, -0.15) is 0 Å². The van der Waals surface area contributed by atoms with Gasteiger partial charge in [0.1, 0.15) is 22.8 Å². The fourth-order valence-electron chi connectivity index (χ4n) is 5.51. The summed E-state index contributed by atoms with van der Waals surface area (Å²) >= 11 is 0. The number of fused-ring (bicyclic) bond motifs is 2. The Morgan fingerprint density at radius 3 is 2.32 bits per heavy atom. The van der Waals surface area contributed by atoms with Crippen molar-refractivity contribution in [3.8, 4) is 11.3 Å². The topological polar surface area (TPSA) is 121 Å². The summed E-state index contributed by atoms with van der Waals surface area (Å²) in [7, 11) is 3.59. The van der Waals surface area contributed by atoms with Crippen molar-refractivity contribution in [2.75, 3.05) is 35.3 Å². The van der Waals surface area contributed by atoms with Gasteiger partial charge in [0.15, 0.2) is 0 Å². The van der Waals surface area contributed by atoms with Crippen LogP contribution in [0.5, 0.6) is 0 Å². The summed E-state index contributed by atoms with van der Waals surface area (Å²) in [6.45, 7) is 16.0. The molecule has 5 rings (SSSR count). The Labute approximate surface area is 276 Å². The number of nitrogens with zero attached hydrogens (tertiary/aromatic N) is 7. The first-order chi connectivity index (χ1) is 21.9. The second-order valence-corrected chi connectivity index (χ2v) is 14.3. The smallest absolute Gasteiger partial charge is 0.414 e. The molecule has 2 aliphatic heterocycles. The van der Waals surface area contributed by atoms with Gasteiger partial charge in [0.2, 0.25) is 0 Å². The molecule has 0 fully saturated rings. The standard InChI is InChI=1S/C35H45N7O5/c1-21(2)40(10)30-16-23-25(27(38-30)20-39(9)32(44)46-34(3,4)5)19-42(31(23)43)29-13-11-12-26(37-29)24-17-36-18-28-22(24)14-15-41(28)33(45)47-35(6,7)8/h11-13,16-18,21H,14-15,19-20H2,1-10H3. The van der Waals surface area contributed by atoms with E-state index in [1.807, 2.05) is 85.5 Å². The molecule has 12 nitrogen and oxygen atoms in total. The second kappa shape index (κ2) is 12.5. The van der Waals surface area contributed by atoms with Crippen molar-refractivity contribution in [1.29, 1.82) is 0 Å². The zero-order valence-electron chi connectivity index (χ0n) is 29.0. The quantitative estimate of drug-likeness (QED) is 0.309. The van der Waals surface area contributed by atoms with E-state index < -0.39 is 23.4 Å². The van der Waals surface area contributed by atoms with Crippen LogP contribution in [0.15, 0.2) is 36.7 Å². The molecule has 0 saturated carbocycles. The van der Waals surface area contributed by atoms with Crippen molar-refractivity contribution in [3.63, 3.8) is 0 Å². The molecule has 12 heteroatoms. The van der Waals surface area contributed by atoms with E-state index in [0.29, 0.717) is 47.2 Å². The lowest BCUT2D eigenvalue weighted by Gasteiger charge is -2.26. The fourth-order valence-corrected chi connectivity index (χ4v) is 5.51. The zero-order valence-corrected chi connectivity index (χ0v) is 29.0. The molecule has 0 saturated heterocycles. The summed E-state index contributed by atoms with van der Waals surface area (Å²) in [5.74, 6) is 0.927. The van der Waals surface area contributed by atoms with Gasteiger partial charge in [-0.3, -0.25) is 19.6 Å². The summed E-state index contributed by atoms with van der Waals surface area (Å²) in [5.41, 5.74) is 3.71. The first-order valence-electron chi connectivity index (χ1n) is 15.9. The lowest BCUT2D eigenvalue weighted by atomic mass is 10.0. The molecule has 3 amide bonds. The minimum Gasteiger partial charge on any atom is -0.444 e. The minimum absolute atomic E-state index is 0.135. The highest BCUT2D eigenvalue weighted by molar-refractivity contribution is 6.10. The molecular weight excluding hydrogens is 598 g/mol. The molecule has 0 radical (unpaired) electrons. The first kappa shape index (κ1) is 33.6. The van der Waals surface area contributed by atoms with Crippen LogP contribution in [0, 0.1) is 0 Å². The van der Waals surface area contributed by atoms with Crippen LogP contribution in [0.4, 0.5) is 26.9 Å². The Morgan fingerprint density at radius 1 is 0.957 bits per heavy atom. The third-order valence-electron chi connectivity index (χ3n) is 8.03. The van der Waals surface area contributed by atoms with E-state index in [1.54, 1.807) is 35.3 Å². The number of ether oxygens (including phenoxy) is 2. The number of carbonyl (C=O) groups excluding carboxylic acids is 3. The predicted molar refractivity (Wildman–Crippen MR) is 181 cm³/mol. The van der Waals surface area contributed by atoms with Gasteiger partial charge < -0.3 is 19.3 Å². The SMILES string of the molecule is CC(C)N(C)c1cc2c(c(CN(C)C(=O)OC(C)(C)C)n1)CN(c1cccc(-c3cncc4c3CCN4C(=O)OC(C)(C)C)n1)C2=O. The number of hydrogen-bond acceptors (Lipinski definition) is 9. The molecule has 0 unspecified atom stereocenters. The number of hydrogen-bond donors (Lipinski definition) is 0. The number of rotatable bonds is 6. The lowest BCUT2D eigenvalue weighted by molar-refractivity contribution is 0.0282. The highest BCUT2D eigenvalue weighted by Crippen LogP contribution is 2.37. The molecule has 47 heavy (non-hydrogen) atoms. The van der Waals surface area contributed by atoms with Crippen molar-refractivity contribution in [1.82, 2.24) is 19.9 Å². The van der Waals surface area contributed by atoms with Gasteiger partial charge in [0.05, 0.1) is 41.9 Å². The number of anilines is 3. The molecule has 0 atom stereocenters. The summed E-state index contributed by atoms with van der Waals surface area (Å²) in [6.07, 6.45) is 3.15. The molecular formula is C35H45N7O5. The molecule has 0 aromatic carbocycles. The molecule has 5 heterocycles. The van der Waals surface area contributed by atoms with Crippen LogP contribution >= 0.6 is 0 Å². The van der Waals surface area contributed by atoms with E-state index in [4.69, 9.17) is 19.4 Å². The summed E-state index contributed by atoms with van der Waals surface area (Å²) in [4.78, 5) is 60.8. The molecule has 3 aromatic rings. The van der Waals surface area contributed by atoms with Crippen LogP contribution in [0.2, 0.25) is 0 Å². The second-order valence-electron chi connectivity index (χ2n) is 14.3. The molecule has 0 spiro atoms. The average molecular weight is 644 g/mol. The van der Waals surface area contributed by atoms with Crippen LogP contribution in [0.3, 0.4) is 0 Å². The largest absolute Gasteiger partial charge is 0.444 e. The third kappa shape index (κ3) is 7.16. The van der Waals surface area contributed by atoms with Gasteiger partial charge in [-0.1, -0.05) is 6.07 Å². The Kier molecular flexibility index (Phi) is 8.91. The van der Waals surface area contributed by atoms with Gasteiger partial charge in [-0.25, -0.2) is 19.6 Å². The fraction of sp³-hybridized carbons (Fsp3) is 0.486. The molecule has 0 N–H and O–H groups in total. The normalized spacial score (nSPS) is 14.3. The number of carbonyl (C=O) groups is 3.